The molecule has 2 fully saturated rings. The molecule has 4 aromatic carbocycles. The van der Waals surface area contributed by atoms with Crippen LogP contribution in [0.5, 0.6) is 0 Å². The minimum atomic E-state index is -0.409. The van der Waals surface area contributed by atoms with Crippen LogP contribution in [0.15, 0.2) is 130 Å². The van der Waals surface area contributed by atoms with Crippen LogP contribution in [0, 0.1) is 65.8 Å². The van der Waals surface area contributed by atoms with Crippen molar-refractivity contribution in [2.75, 3.05) is 0 Å². The van der Waals surface area contributed by atoms with E-state index in [0.29, 0.717) is 0 Å². The predicted octanol–water partition coefficient (Wildman–Crippen LogP) is 9.31. The van der Waals surface area contributed by atoms with Crippen LogP contribution < -0.4 is 21.2 Å². The van der Waals surface area contributed by atoms with Crippen LogP contribution in [0.25, 0.3) is 0 Å². The second-order valence-corrected chi connectivity index (χ2v) is 18.3. The molecule has 1 aromatic heterocycles. The standard InChI is InChI=1S/2C17H14P.C3H2S5.Fe.Hg/c2*1-3-9-15(10-4-1)18(17-13-7-8-14-17)16-11-5-2-6-12-16;4-1-2(5)8-3(6)7-1;;/h2*1-14H;4-5H;;/q;;;2*+2/p-2. The molecule has 0 spiro atoms. The van der Waals surface area contributed by atoms with Gasteiger partial charge in [-0.15, -0.1) is 20.6 Å². The van der Waals surface area contributed by atoms with E-state index < -0.39 is 15.8 Å². The number of benzene rings is 4. The molecule has 0 aliphatic heterocycles. The van der Waals surface area contributed by atoms with Crippen LogP contribution in [0.1, 0.15) is 0 Å². The molecule has 0 amide bonds. The minimum absolute atomic E-state index is 0. The second-order valence-electron chi connectivity index (χ2n) is 9.33. The van der Waals surface area contributed by atoms with Crippen molar-refractivity contribution in [3.05, 3.63) is 187 Å². The van der Waals surface area contributed by atoms with E-state index in [9.17, 15) is 0 Å². The van der Waals surface area contributed by atoms with Gasteiger partial charge in [0.2, 0.25) is 0 Å². The van der Waals surface area contributed by atoms with Gasteiger partial charge in [-0.25, -0.2) is 0 Å². The SMILES string of the molecule is S=c1sc([S-])c([S-])s1.[CH]1[CH][CH][C](P(c2ccccc2)c2ccccc2)[CH]1.[CH]1[CH][CH][C](P(c2ccccc2)c2ccccc2)[CH]1.[Fe+2].[Hg+2]. The van der Waals surface area contributed by atoms with Gasteiger partial charge in [-0.05, 0) is 91.6 Å². The van der Waals surface area contributed by atoms with Crippen molar-refractivity contribution in [1.29, 1.82) is 0 Å². The molecule has 0 bridgehead atoms. The predicted molar refractivity (Wildman–Crippen MR) is 203 cm³/mol. The van der Waals surface area contributed by atoms with Gasteiger partial charge in [0.25, 0.3) is 0 Å². The van der Waals surface area contributed by atoms with Crippen molar-refractivity contribution in [2.24, 2.45) is 0 Å². The molecule has 0 unspecified atom stereocenters. The molecule has 2 aliphatic rings. The summed E-state index contributed by atoms with van der Waals surface area (Å²) < 4.78 is 2.35. The van der Waals surface area contributed by atoms with Gasteiger partial charge in [0.05, 0.1) is 0 Å². The summed E-state index contributed by atoms with van der Waals surface area (Å²) in [4.78, 5) is 0. The van der Waals surface area contributed by atoms with Crippen LogP contribution in [0.3, 0.4) is 0 Å². The van der Waals surface area contributed by atoms with Crippen molar-refractivity contribution in [3.8, 4) is 0 Å². The first-order valence-electron chi connectivity index (χ1n) is 13.8. The van der Waals surface area contributed by atoms with Gasteiger partial charge in [0, 0.05) is 11.3 Å². The van der Waals surface area contributed by atoms with Gasteiger partial charge in [-0.3, -0.25) is 0 Å². The third kappa shape index (κ3) is 12.0. The van der Waals surface area contributed by atoms with E-state index in [-0.39, 0.29) is 44.7 Å². The molecule has 7 rings (SSSR count). The van der Waals surface area contributed by atoms with Crippen molar-refractivity contribution in [3.63, 3.8) is 0 Å². The Kier molecular flexibility index (Phi) is 19.2. The fourth-order valence-electron chi connectivity index (χ4n) is 4.48. The average Bonchev–Trinajstić information content (AvgIpc) is 3.85. The number of hydrogen-bond donors (Lipinski definition) is 0. The van der Waals surface area contributed by atoms with Crippen LogP contribution in [0.2, 0.25) is 0 Å². The smallest absolute Gasteiger partial charge is 0.429 e. The zero-order chi connectivity index (χ0) is 30.6. The molecule has 0 atom stereocenters. The Balaban J connectivity index is 0.000000197. The molecule has 2 aliphatic carbocycles. The third-order valence-electron chi connectivity index (χ3n) is 6.38. The van der Waals surface area contributed by atoms with Crippen molar-refractivity contribution >= 4 is 97.2 Å². The van der Waals surface area contributed by atoms with Gasteiger partial charge < -0.3 is 47.9 Å². The maximum atomic E-state index is 4.83. The van der Waals surface area contributed by atoms with Gasteiger partial charge in [0.15, 0.2) is 0 Å². The quantitative estimate of drug-likeness (QED) is 0.0722. The van der Waals surface area contributed by atoms with E-state index in [2.05, 4.69) is 173 Å². The summed E-state index contributed by atoms with van der Waals surface area (Å²) in [5.41, 5.74) is 2.84. The van der Waals surface area contributed by atoms with E-state index in [1.165, 1.54) is 55.2 Å². The Morgan fingerprint density at radius 3 is 0.870 bits per heavy atom. The molecule has 224 valence electrons. The molecule has 10 radical (unpaired) electrons. The summed E-state index contributed by atoms with van der Waals surface area (Å²) in [6.45, 7) is 0. The molecule has 0 saturated heterocycles. The molecule has 1 heterocycles. The average molecular weight is 951 g/mol. The van der Waals surface area contributed by atoms with Gasteiger partial charge in [-0.1, -0.05) is 121 Å². The van der Waals surface area contributed by atoms with Gasteiger partial charge >= 0.3 is 44.7 Å². The first kappa shape index (κ1) is 40.3. The molecule has 0 nitrogen and oxygen atoms in total. The Morgan fingerprint density at radius 1 is 0.435 bits per heavy atom. The van der Waals surface area contributed by atoms with Crippen molar-refractivity contribution in [1.82, 2.24) is 0 Å². The van der Waals surface area contributed by atoms with Crippen LogP contribution in [-0.4, -0.2) is 0 Å². The summed E-state index contributed by atoms with van der Waals surface area (Å²) in [6.07, 6.45) is 17.4. The summed E-state index contributed by atoms with van der Waals surface area (Å²) in [5, 5.41) is 5.63. The van der Waals surface area contributed by atoms with E-state index >= 15 is 0 Å². The summed E-state index contributed by atoms with van der Waals surface area (Å²) in [7, 11) is -0.818. The monoisotopic (exact) mass is 952 g/mol. The van der Waals surface area contributed by atoms with Crippen LogP contribution in [-0.2, 0) is 70.0 Å². The first-order chi connectivity index (χ1) is 21.6. The molecular weight excluding hydrogens is 923 g/mol. The van der Waals surface area contributed by atoms with E-state index in [1.807, 2.05) is 0 Å². The number of hydrogen-bond acceptors (Lipinski definition) is 5. The van der Waals surface area contributed by atoms with Crippen LogP contribution in [0.4, 0.5) is 0 Å². The van der Waals surface area contributed by atoms with E-state index in [0.717, 1.165) is 11.6 Å². The Labute approximate surface area is 333 Å². The molecule has 46 heavy (non-hydrogen) atoms. The van der Waals surface area contributed by atoms with E-state index in [4.69, 9.17) is 37.5 Å². The van der Waals surface area contributed by atoms with Crippen molar-refractivity contribution < 1.29 is 44.7 Å². The maximum Gasteiger partial charge on any atom is 2.00 e. The largest absolute Gasteiger partial charge is 2.00 e. The Morgan fingerprint density at radius 2 is 0.674 bits per heavy atom. The fraction of sp³-hybridized carbons (Fsp3) is 0. The molecular formula is C37H28FeHgP2S5+2. The third-order valence-corrected chi connectivity index (χ3v) is 14.8. The molecule has 9 heteroatoms. The summed E-state index contributed by atoms with van der Waals surface area (Å²) >= 11 is 17.3. The van der Waals surface area contributed by atoms with Crippen LogP contribution >= 0.6 is 50.7 Å². The minimum Gasteiger partial charge on any atom is -0.429 e. The number of rotatable bonds is 6. The maximum absolute atomic E-state index is 4.83. The van der Waals surface area contributed by atoms with Crippen molar-refractivity contribution in [2.45, 2.75) is 8.42 Å². The normalized spacial score (nSPS) is 14.4. The summed E-state index contributed by atoms with van der Waals surface area (Å²) in [5.74, 6) is 0. The second kappa shape index (κ2) is 21.9. The molecule has 5 aromatic rings. The van der Waals surface area contributed by atoms with E-state index in [1.54, 1.807) is 0 Å². The zero-order valence-corrected chi connectivity index (χ0v) is 37.1. The Hall–Kier alpha value is -0.0955. The fourth-order valence-corrected chi connectivity index (χ4v) is 12.4. The first-order valence-corrected chi connectivity index (χ1v) is 19.4. The molecule has 2 saturated carbocycles. The summed E-state index contributed by atoms with van der Waals surface area (Å²) in [6, 6.07) is 43.1. The van der Waals surface area contributed by atoms with Gasteiger partial charge in [-0.2, -0.15) is 0 Å². The molecule has 0 N–H and O–H groups in total. The Bertz CT molecular complexity index is 1380. The van der Waals surface area contributed by atoms with Gasteiger partial charge in [0.1, 0.15) is 0 Å². The topological polar surface area (TPSA) is 0 Å². The zero-order valence-electron chi connectivity index (χ0n) is 24.7.